The van der Waals surface area contributed by atoms with Gasteiger partial charge < -0.3 is 10.6 Å². The molecule has 1 aliphatic rings. The summed E-state index contributed by atoms with van der Waals surface area (Å²) in [4.78, 5) is 38.9. The van der Waals surface area contributed by atoms with Crippen molar-refractivity contribution in [3.8, 4) is 0 Å². The zero-order valence-electron chi connectivity index (χ0n) is 14.0. The SMILES string of the molecule is CC(C)[C@@H](NC(=O)[C@@H](C)N1C(=O)NC(C)(C)C1=O)c1cccs1. The van der Waals surface area contributed by atoms with E-state index in [1.54, 1.807) is 32.1 Å². The highest BCUT2D eigenvalue weighted by Crippen LogP contribution is 2.26. The molecule has 0 radical (unpaired) electrons. The van der Waals surface area contributed by atoms with Gasteiger partial charge in [0.1, 0.15) is 11.6 Å². The lowest BCUT2D eigenvalue weighted by atomic mass is 10.0. The lowest BCUT2D eigenvalue weighted by Crippen LogP contribution is -2.50. The molecule has 2 atom stereocenters. The Balaban J connectivity index is 2.14. The predicted molar refractivity (Wildman–Crippen MR) is 89.0 cm³/mol. The van der Waals surface area contributed by atoms with Crippen LogP contribution in [0.5, 0.6) is 0 Å². The first-order chi connectivity index (χ1) is 10.6. The number of urea groups is 1. The first kappa shape index (κ1) is 17.5. The molecule has 0 saturated carbocycles. The highest BCUT2D eigenvalue weighted by atomic mass is 32.1. The molecule has 0 spiro atoms. The quantitative estimate of drug-likeness (QED) is 0.809. The number of imide groups is 1. The van der Waals surface area contributed by atoms with Crippen LogP contribution in [0.15, 0.2) is 17.5 Å². The molecule has 23 heavy (non-hydrogen) atoms. The molecule has 0 aliphatic carbocycles. The monoisotopic (exact) mass is 337 g/mol. The van der Waals surface area contributed by atoms with E-state index < -0.39 is 17.6 Å². The normalized spacial score (nSPS) is 19.7. The van der Waals surface area contributed by atoms with Gasteiger partial charge in [0.2, 0.25) is 5.91 Å². The van der Waals surface area contributed by atoms with Crippen LogP contribution in [0.1, 0.15) is 45.5 Å². The smallest absolute Gasteiger partial charge is 0.325 e. The van der Waals surface area contributed by atoms with Gasteiger partial charge in [-0.3, -0.25) is 9.59 Å². The molecule has 126 valence electrons. The number of carbonyl (C=O) groups excluding carboxylic acids is 3. The molecule has 1 aliphatic heterocycles. The Morgan fingerprint density at radius 3 is 2.39 bits per heavy atom. The third-order valence-corrected chi connectivity index (χ3v) is 4.93. The standard InChI is InChI=1S/C16H23N3O3S/c1-9(2)12(11-7-6-8-23-11)17-13(20)10(3)19-14(21)16(4,5)18-15(19)22/h6-10,12H,1-5H3,(H,17,20)(H,18,22)/t10-,12-/m1/s1. The summed E-state index contributed by atoms with van der Waals surface area (Å²) in [5.41, 5.74) is -0.975. The van der Waals surface area contributed by atoms with E-state index in [4.69, 9.17) is 0 Å². The van der Waals surface area contributed by atoms with Crippen molar-refractivity contribution in [3.63, 3.8) is 0 Å². The number of rotatable bonds is 5. The lowest BCUT2D eigenvalue weighted by molar-refractivity contribution is -0.137. The molecule has 4 amide bonds. The fraction of sp³-hybridized carbons (Fsp3) is 0.562. The van der Waals surface area contributed by atoms with Crippen molar-refractivity contribution in [2.75, 3.05) is 0 Å². The first-order valence-electron chi connectivity index (χ1n) is 7.64. The lowest BCUT2D eigenvalue weighted by Gasteiger charge is -2.26. The van der Waals surface area contributed by atoms with Crippen LogP contribution in [0.2, 0.25) is 0 Å². The molecule has 0 aromatic carbocycles. The van der Waals surface area contributed by atoms with Crippen LogP contribution in [0.3, 0.4) is 0 Å². The summed E-state index contributed by atoms with van der Waals surface area (Å²) < 4.78 is 0. The Morgan fingerprint density at radius 2 is 1.96 bits per heavy atom. The molecule has 0 unspecified atom stereocenters. The molecule has 0 bridgehead atoms. The fourth-order valence-electron chi connectivity index (χ4n) is 2.55. The van der Waals surface area contributed by atoms with Gasteiger partial charge in [-0.2, -0.15) is 0 Å². The van der Waals surface area contributed by atoms with E-state index >= 15 is 0 Å². The van der Waals surface area contributed by atoms with E-state index in [1.165, 1.54) is 0 Å². The molecule has 1 aromatic heterocycles. The minimum absolute atomic E-state index is 0.140. The Hall–Kier alpha value is -1.89. The second kappa shape index (κ2) is 6.31. The number of thiophene rings is 1. The molecule has 1 fully saturated rings. The molecule has 7 heteroatoms. The summed E-state index contributed by atoms with van der Waals surface area (Å²) in [6.07, 6.45) is 0. The van der Waals surface area contributed by atoms with Gasteiger partial charge in [-0.05, 0) is 38.1 Å². The van der Waals surface area contributed by atoms with Gasteiger partial charge in [-0.15, -0.1) is 11.3 Å². The third kappa shape index (κ3) is 3.39. The van der Waals surface area contributed by atoms with Crippen LogP contribution >= 0.6 is 11.3 Å². The predicted octanol–water partition coefficient (Wildman–Crippen LogP) is 2.28. The van der Waals surface area contributed by atoms with E-state index in [0.717, 1.165) is 9.78 Å². The largest absolute Gasteiger partial charge is 0.346 e. The average Bonchev–Trinajstić information content (AvgIpc) is 3.02. The minimum atomic E-state index is -0.975. The van der Waals surface area contributed by atoms with Crippen molar-refractivity contribution in [1.82, 2.24) is 15.5 Å². The Morgan fingerprint density at radius 1 is 1.30 bits per heavy atom. The summed E-state index contributed by atoms with van der Waals surface area (Å²) >= 11 is 1.57. The van der Waals surface area contributed by atoms with Gasteiger partial charge in [0, 0.05) is 4.88 Å². The molecule has 2 rings (SSSR count). The van der Waals surface area contributed by atoms with Gasteiger partial charge in [0.25, 0.3) is 5.91 Å². The number of nitrogens with one attached hydrogen (secondary N) is 2. The van der Waals surface area contributed by atoms with Crippen LogP contribution in [-0.4, -0.2) is 34.3 Å². The number of amides is 4. The first-order valence-corrected chi connectivity index (χ1v) is 8.52. The molecule has 2 N–H and O–H groups in total. The highest BCUT2D eigenvalue weighted by Gasteiger charge is 2.48. The highest BCUT2D eigenvalue weighted by molar-refractivity contribution is 7.10. The Kier molecular flexibility index (Phi) is 4.79. The maximum atomic E-state index is 12.6. The second-order valence-corrected chi connectivity index (χ2v) is 7.63. The van der Waals surface area contributed by atoms with E-state index in [2.05, 4.69) is 10.6 Å². The molecular formula is C16H23N3O3S. The van der Waals surface area contributed by atoms with Crippen LogP contribution in [-0.2, 0) is 9.59 Å². The molecule has 1 saturated heterocycles. The number of nitrogens with zero attached hydrogens (tertiary/aromatic N) is 1. The zero-order chi connectivity index (χ0) is 17.4. The summed E-state index contributed by atoms with van der Waals surface area (Å²) in [5, 5.41) is 7.51. The number of hydrogen-bond donors (Lipinski definition) is 2. The minimum Gasteiger partial charge on any atom is -0.346 e. The zero-order valence-corrected chi connectivity index (χ0v) is 14.9. The van der Waals surface area contributed by atoms with Gasteiger partial charge in [-0.25, -0.2) is 9.69 Å². The fourth-order valence-corrected chi connectivity index (χ4v) is 3.50. The third-order valence-electron chi connectivity index (χ3n) is 3.97. The summed E-state index contributed by atoms with van der Waals surface area (Å²) in [6.45, 7) is 8.86. The van der Waals surface area contributed by atoms with Crippen molar-refractivity contribution in [2.24, 2.45) is 5.92 Å². The van der Waals surface area contributed by atoms with Crippen molar-refractivity contribution >= 4 is 29.2 Å². The van der Waals surface area contributed by atoms with Gasteiger partial charge >= 0.3 is 6.03 Å². The average molecular weight is 337 g/mol. The maximum absolute atomic E-state index is 12.6. The summed E-state index contributed by atoms with van der Waals surface area (Å²) in [7, 11) is 0. The van der Waals surface area contributed by atoms with Crippen molar-refractivity contribution in [2.45, 2.75) is 52.2 Å². The Labute approximate surface area is 140 Å². The van der Waals surface area contributed by atoms with E-state index in [9.17, 15) is 14.4 Å². The molecule has 1 aromatic rings. The number of carbonyl (C=O) groups is 3. The Bertz CT molecular complexity index is 610. The van der Waals surface area contributed by atoms with Crippen LogP contribution in [0.4, 0.5) is 4.79 Å². The molecule has 6 nitrogen and oxygen atoms in total. The number of hydrogen-bond acceptors (Lipinski definition) is 4. The van der Waals surface area contributed by atoms with E-state index in [0.29, 0.717) is 0 Å². The summed E-state index contributed by atoms with van der Waals surface area (Å²) in [6, 6.07) is 2.38. The topological polar surface area (TPSA) is 78.5 Å². The van der Waals surface area contributed by atoms with Crippen LogP contribution in [0.25, 0.3) is 0 Å². The van der Waals surface area contributed by atoms with Crippen molar-refractivity contribution in [1.29, 1.82) is 0 Å². The second-order valence-electron chi connectivity index (χ2n) is 6.65. The molecular weight excluding hydrogens is 314 g/mol. The van der Waals surface area contributed by atoms with Crippen molar-refractivity contribution < 1.29 is 14.4 Å². The van der Waals surface area contributed by atoms with Gasteiger partial charge in [-0.1, -0.05) is 19.9 Å². The van der Waals surface area contributed by atoms with Crippen LogP contribution < -0.4 is 10.6 Å². The molecule has 2 heterocycles. The van der Waals surface area contributed by atoms with Gasteiger partial charge in [0.15, 0.2) is 0 Å². The van der Waals surface area contributed by atoms with Crippen molar-refractivity contribution in [3.05, 3.63) is 22.4 Å². The van der Waals surface area contributed by atoms with E-state index in [-0.39, 0.29) is 23.8 Å². The maximum Gasteiger partial charge on any atom is 0.325 e. The van der Waals surface area contributed by atoms with Crippen LogP contribution in [0, 0.1) is 5.92 Å². The van der Waals surface area contributed by atoms with Gasteiger partial charge in [0.05, 0.1) is 6.04 Å². The summed E-state index contributed by atoms with van der Waals surface area (Å²) in [5.74, 6) is -0.523. The van der Waals surface area contributed by atoms with E-state index in [1.807, 2.05) is 31.4 Å².